The minimum absolute atomic E-state index is 0.0133. The number of hydrogen-bond donors (Lipinski definition) is 1. The first kappa shape index (κ1) is 14.4. The minimum atomic E-state index is -3.64. The van der Waals surface area contributed by atoms with E-state index in [2.05, 4.69) is 0 Å². The van der Waals surface area contributed by atoms with E-state index in [0.29, 0.717) is 0 Å². The fraction of sp³-hybridized carbons (Fsp3) is 0.300. The van der Waals surface area contributed by atoms with Gasteiger partial charge in [-0.05, 0) is 12.1 Å². The van der Waals surface area contributed by atoms with Gasteiger partial charge in [-0.15, -0.1) is 0 Å². The average molecular weight is 293 g/mol. The van der Waals surface area contributed by atoms with Crippen molar-refractivity contribution >= 4 is 38.8 Å². The standard InChI is InChI=1S/C10H13ClN2O2S2/c1-2-13(7-10(12)16)17(14,15)9-6-4-3-5-8(9)11/h3-6H,2,7H2,1H3,(H2,12,16). The highest BCUT2D eigenvalue weighted by Gasteiger charge is 2.25. The summed E-state index contributed by atoms with van der Waals surface area (Å²) in [6.07, 6.45) is 0. The Morgan fingerprint density at radius 3 is 2.53 bits per heavy atom. The maximum atomic E-state index is 12.2. The molecule has 0 aliphatic heterocycles. The molecule has 0 amide bonds. The number of nitrogens with two attached hydrogens (primary N) is 1. The molecule has 0 fully saturated rings. The monoisotopic (exact) mass is 292 g/mol. The van der Waals surface area contributed by atoms with Gasteiger partial charge in [0.2, 0.25) is 10.0 Å². The lowest BCUT2D eigenvalue weighted by molar-refractivity contribution is 0.468. The Bertz CT molecular complexity index is 517. The number of hydrogen-bond acceptors (Lipinski definition) is 3. The molecule has 0 heterocycles. The Balaban J connectivity index is 3.18. The molecule has 94 valence electrons. The van der Waals surface area contributed by atoms with Crippen molar-refractivity contribution < 1.29 is 8.42 Å². The van der Waals surface area contributed by atoms with Gasteiger partial charge in [-0.3, -0.25) is 0 Å². The van der Waals surface area contributed by atoms with Crippen molar-refractivity contribution in [3.8, 4) is 0 Å². The van der Waals surface area contributed by atoms with E-state index in [1.807, 2.05) is 0 Å². The van der Waals surface area contributed by atoms with E-state index < -0.39 is 10.0 Å². The van der Waals surface area contributed by atoms with Crippen LogP contribution in [0.4, 0.5) is 0 Å². The maximum Gasteiger partial charge on any atom is 0.244 e. The summed E-state index contributed by atoms with van der Waals surface area (Å²) in [5.74, 6) is 0. The molecule has 0 unspecified atom stereocenters. The molecular formula is C10H13ClN2O2S2. The van der Waals surface area contributed by atoms with Crippen LogP contribution in [-0.2, 0) is 10.0 Å². The van der Waals surface area contributed by atoms with E-state index in [0.717, 1.165) is 0 Å². The lowest BCUT2D eigenvalue weighted by atomic mass is 10.4. The Morgan fingerprint density at radius 2 is 2.06 bits per heavy atom. The van der Waals surface area contributed by atoms with Crippen molar-refractivity contribution in [3.63, 3.8) is 0 Å². The van der Waals surface area contributed by atoms with Crippen LogP contribution in [0.3, 0.4) is 0 Å². The summed E-state index contributed by atoms with van der Waals surface area (Å²) in [5, 5.41) is 0.189. The molecule has 7 heteroatoms. The molecule has 1 rings (SSSR count). The number of rotatable bonds is 5. The number of likely N-dealkylation sites (N-methyl/N-ethyl adjacent to an activating group) is 1. The van der Waals surface area contributed by atoms with Gasteiger partial charge in [-0.2, -0.15) is 4.31 Å². The summed E-state index contributed by atoms with van der Waals surface area (Å²) >= 11 is 10.6. The fourth-order valence-electron chi connectivity index (χ4n) is 1.33. The summed E-state index contributed by atoms with van der Waals surface area (Å²) in [6.45, 7) is 2.01. The second-order valence-electron chi connectivity index (χ2n) is 3.33. The van der Waals surface area contributed by atoms with Gasteiger partial charge in [-0.25, -0.2) is 8.42 Å². The smallest absolute Gasteiger partial charge is 0.244 e. The van der Waals surface area contributed by atoms with Crippen molar-refractivity contribution in [1.82, 2.24) is 4.31 Å². The largest absolute Gasteiger partial charge is 0.392 e. The van der Waals surface area contributed by atoms with Crippen LogP contribution in [0.25, 0.3) is 0 Å². The molecule has 1 aromatic rings. The number of halogens is 1. The summed E-state index contributed by atoms with van der Waals surface area (Å²) in [6, 6.07) is 6.28. The molecule has 1 aromatic carbocycles. The third-order valence-corrected chi connectivity index (χ3v) is 4.69. The molecule has 0 atom stereocenters. The molecule has 2 N–H and O–H groups in total. The van der Waals surface area contributed by atoms with Crippen LogP contribution >= 0.6 is 23.8 Å². The second kappa shape index (κ2) is 5.77. The van der Waals surface area contributed by atoms with Crippen molar-refractivity contribution in [2.75, 3.05) is 13.1 Å². The summed E-state index contributed by atoms with van der Waals surface area (Å²) in [5.41, 5.74) is 5.37. The Hall–Kier alpha value is -0.690. The second-order valence-corrected chi connectivity index (χ2v) is 6.17. The zero-order valence-corrected chi connectivity index (χ0v) is 11.6. The molecular weight excluding hydrogens is 280 g/mol. The molecule has 0 saturated heterocycles. The topological polar surface area (TPSA) is 63.4 Å². The fourth-order valence-corrected chi connectivity index (χ4v) is 3.49. The molecule has 0 saturated carbocycles. The van der Waals surface area contributed by atoms with Crippen LogP contribution in [0.1, 0.15) is 6.92 Å². The molecule has 0 aliphatic rings. The lowest BCUT2D eigenvalue weighted by Crippen LogP contribution is -2.37. The summed E-state index contributed by atoms with van der Waals surface area (Å²) in [4.78, 5) is 0.197. The van der Waals surface area contributed by atoms with E-state index in [4.69, 9.17) is 29.6 Å². The molecule has 17 heavy (non-hydrogen) atoms. The van der Waals surface area contributed by atoms with Crippen molar-refractivity contribution in [2.24, 2.45) is 5.73 Å². The van der Waals surface area contributed by atoms with Gasteiger partial charge in [0.15, 0.2) is 0 Å². The van der Waals surface area contributed by atoms with Gasteiger partial charge in [0.25, 0.3) is 0 Å². The SMILES string of the molecule is CCN(CC(N)=S)S(=O)(=O)c1ccccc1Cl. The van der Waals surface area contributed by atoms with Crippen molar-refractivity contribution in [3.05, 3.63) is 29.3 Å². The minimum Gasteiger partial charge on any atom is -0.392 e. The van der Waals surface area contributed by atoms with Gasteiger partial charge in [-0.1, -0.05) is 42.9 Å². The highest BCUT2D eigenvalue weighted by molar-refractivity contribution is 7.89. The van der Waals surface area contributed by atoms with Crippen LogP contribution in [0, 0.1) is 0 Å². The third-order valence-electron chi connectivity index (χ3n) is 2.14. The van der Waals surface area contributed by atoms with E-state index in [1.54, 1.807) is 19.1 Å². The molecule has 0 aliphatic carbocycles. The van der Waals surface area contributed by atoms with E-state index in [-0.39, 0.29) is 28.0 Å². The Labute approximate surface area is 111 Å². The van der Waals surface area contributed by atoms with E-state index >= 15 is 0 Å². The van der Waals surface area contributed by atoms with Crippen LogP contribution in [0.2, 0.25) is 5.02 Å². The van der Waals surface area contributed by atoms with Crippen LogP contribution in [0.15, 0.2) is 29.2 Å². The van der Waals surface area contributed by atoms with Crippen LogP contribution in [-0.4, -0.2) is 30.8 Å². The van der Waals surface area contributed by atoms with Gasteiger partial charge in [0.1, 0.15) is 4.90 Å². The summed E-state index contributed by atoms with van der Waals surface area (Å²) in [7, 11) is -3.64. The molecule has 0 bridgehead atoms. The highest BCUT2D eigenvalue weighted by atomic mass is 35.5. The van der Waals surface area contributed by atoms with E-state index in [9.17, 15) is 8.42 Å². The number of sulfonamides is 1. The molecule has 0 spiro atoms. The van der Waals surface area contributed by atoms with Gasteiger partial charge < -0.3 is 5.73 Å². The van der Waals surface area contributed by atoms with E-state index in [1.165, 1.54) is 16.4 Å². The first-order valence-corrected chi connectivity index (χ1v) is 7.15. The van der Waals surface area contributed by atoms with Crippen LogP contribution in [0.5, 0.6) is 0 Å². The molecule has 0 radical (unpaired) electrons. The van der Waals surface area contributed by atoms with Gasteiger partial charge in [0.05, 0.1) is 16.6 Å². The van der Waals surface area contributed by atoms with Crippen molar-refractivity contribution in [2.45, 2.75) is 11.8 Å². The quantitative estimate of drug-likeness (QED) is 0.838. The zero-order valence-electron chi connectivity index (χ0n) is 9.26. The number of benzene rings is 1. The maximum absolute atomic E-state index is 12.2. The molecule has 4 nitrogen and oxygen atoms in total. The average Bonchev–Trinajstić information content (AvgIpc) is 2.25. The number of thiocarbonyl (C=S) groups is 1. The Kier molecular flexibility index (Phi) is 4.88. The highest BCUT2D eigenvalue weighted by Crippen LogP contribution is 2.23. The first-order chi connectivity index (χ1) is 7.89. The lowest BCUT2D eigenvalue weighted by Gasteiger charge is -2.20. The van der Waals surface area contributed by atoms with Gasteiger partial charge >= 0.3 is 0 Å². The predicted octanol–water partition coefficient (Wildman–Crippen LogP) is 1.64. The first-order valence-electron chi connectivity index (χ1n) is 4.92. The summed E-state index contributed by atoms with van der Waals surface area (Å²) < 4.78 is 25.7. The predicted molar refractivity (Wildman–Crippen MR) is 72.7 cm³/mol. The van der Waals surface area contributed by atoms with Gasteiger partial charge in [0, 0.05) is 6.54 Å². The zero-order chi connectivity index (χ0) is 13.1. The third kappa shape index (κ3) is 3.38. The normalized spacial score (nSPS) is 11.7. The van der Waals surface area contributed by atoms with Crippen LogP contribution < -0.4 is 5.73 Å². The number of nitrogens with zero attached hydrogens (tertiary/aromatic N) is 1. The Morgan fingerprint density at radius 1 is 1.47 bits per heavy atom. The molecule has 0 aromatic heterocycles. The van der Waals surface area contributed by atoms with Crippen molar-refractivity contribution in [1.29, 1.82) is 0 Å².